The summed E-state index contributed by atoms with van der Waals surface area (Å²) in [5.41, 5.74) is 2.49. The molecule has 0 heterocycles. The first-order valence-corrected chi connectivity index (χ1v) is 3.61. The zero-order chi connectivity index (χ0) is 8.85. The van der Waals surface area contributed by atoms with Crippen LogP contribution in [0.4, 0.5) is 0 Å². The molecule has 0 radical (unpaired) electrons. The van der Waals surface area contributed by atoms with E-state index >= 15 is 0 Å². The van der Waals surface area contributed by atoms with Gasteiger partial charge < -0.3 is 9.74 Å². The van der Waals surface area contributed by atoms with Gasteiger partial charge in [0, 0.05) is 13.1 Å². The first kappa shape index (κ1) is 10.4. The van der Waals surface area contributed by atoms with Gasteiger partial charge in [-0.1, -0.05) is 0 Å². The van der Waals surface area contributed by atoms with Gasteiger partial charge >= 0.3 is 0 Å². The standard InChI is InChI=1S/C7H16N2O2/c1-6(2)9(3)7(10)5-8-11-4/h6,8H,5H2,1-4H3. The highest BCUT2D eigenvalue weighted by molar-refractivity contribution is 5.78. The fraction of sp³-hybridized carbons (Fsp3) is 0.857. The molecule has 66 valence electrons. The van der Waals surface area contributed by atoms with Gasteiger partial charge in [-0.25, -0.2) is 0 Å². The summed E-state index contributed by atoms with van der Waals surface area (Å²) in [4.78, 5) is 17.3. The summed E-state index contributed by atoms with van der Waals surface area (Å²) in [6.07, 6.45) is 0. The number of carbonyl (C=O) groups excluding carboxylic acids is 1. The molecule has 0 aromatic heterocycles. The lowest BCUT2D eigenvalue weighted by Crippen LogP contribution is -2.39. The molecule has 0 aliphatic heterocycles. The maximum absolute atomic E-state index is 11.1. The molecule has 4 nitrogen and oxygen atoms in total. The summed E-state index contributed by atoms with van der Waals surface area (Å²) in [5.74, 6) is 0.0295. The molecule has 0 saturated heterocycles. The maximum Gasteiger partial charge on any atom is 0.238 e. The summed E-state index contributed by atoms with van der Waals surface area (Å²) in [7, 11) is 3.26. The number of nitrogens with zero attached hydrogens (tertiary/aromatic N) is 1. The minimum Gasteiger partial charge on any atom is -0.342 e. The maximum atomic E-state index is 11.1. The van der Waals surface area contributed by atoms with Crippen molar-refractivity contribution in [2.45, 2.75) is 19.9 Å². The summed E-state index contributed by atoms with van der Waals surface area (Å²) in [6, 6.07) is 0.237. The number of likely N-dealkylation sites (N-methyl/N-ethyl adjacent to an activating group) is 1. The molecule has 0 aromatic rings. The van der Waals surface area contributed by atoms with Crippen molar-refractivity contribution < 1.29 is 9.63 Å². The van der Waals surface area contributed by atoms with Crippen LogP contribution in [0.2, 0.25) is 0 Å². The van der Waals surface area contributed by atoms with Gasteiger partial charge in [-0.3, -0.25) is 4.79 Å². The molecule has 0 aliphatic carbocycles. The summed E-state index contributed by atoms with van der Waals surface area (Å²) >= 11 is 0. The Morgan fingerprint density at radius 3 is 2.55 bits per heavy atom. The smallest absolute Gasteiger partial charge is 0.238 e. The van der Waals surface area contributed by atoms with E-state index in [1.165, 1.54) is 7.11 Å². The Kier molecular flexibility index (Phi) is 4.81. The predicted molar refractivity (Wildman–Crippen MR) is 42.9 cm³/mol. The predicted octanol–water partition coefficient (Wildman–Crippen LogP) is 0.00420. The molecule has 0 saturated carbocycles. The van der Waals surface area contributed by atoms with Gasteiger partial charge in [-0.05, 0) is 13.8 Å². The molecule has 0 atom stereocenters. The van der Waals surface area contributed by atoms with Crippen LogP contribution >= 0.6 is 0 Å². The van der Waals surface area contributed by atoms with Crippen LogP contribution in [-0.2, 0) is 9.63 Å². The summed E-state index contributed by atoms with van der Waals surface area (Å²) < 4.78 is 0. The molecule has 0 rings (SSSR count). The second-order valence-corrected chi connectivity index (χ2v) is 2.62. The van der Waals surface area contributed by atoms with E-state index in [0.717, 1.165) is 0 Å². The van der Waals surface area contributed by atoms with Gasteiger partial charge in [-0.2, -0.15) is 5.48 Å². The van der Waals surface area contributed by atoms with Crippen molar-refractivity contribution in [2.75, 3.05) is 20.7 Å². The van der Waals surface area contributed by atoms with E-state index in [1.807, 2.05) is 13.8 Å². The van der Waals surface area contributed by atoms with Crippen LogP contribution in [0.3, 0.4) is 0 Å². The van der Waals surface area contributed by atoms with Gasteiger partial charge in [0.15, 0.2) is 0 Å². The Balaban J connectivity index is 3.64. The number of hydrogen-bond acceptors (Lipinski definition) is 3. The van der Waals surface area contributed by atoms with Crippen molar-refractivity contribution in [3.8, 4) is 0 Å². The Morgan fingerprint density at radius 2 is 2.18 bits per heavy atom. The zero-order valence-corrected chi connectivity index (χ0v) is 7.55. The highest BCUT2D eigenvalue weighted by Gasteiger charge is 2.10. The molecule has 0 unspecified atom stereocenters. The second kappa shape index (κ2) is 5.09. The van der Waals surface area contributed by atoms with Crippen LogP contribution in [0.25, 0.3) is 0 Å². The topological polar surface area (TPSA) is 41.6 Å². The van der Waals surface area contributed by atoms with Crippen molar-refractivity contribution in [3.63, 3.8) is 0 Å². The van der Waals surface area contributed by atoms with Gasteiger partial charge in [0.2, 0.25) is 5.91 Å². The molecule has 1 amide bonds. The van der Waals surface area contributed by atoms with E-state index in [9.17, 15) is 4.79 Å². The van der Waals surface area contributed by atoms with Crippen LogP contribution in [0.15, 0.2) is 0 Å². The third-order valence-corrected chi connectivity index (χ3v) is 1.54. The number of hydroxylamine groups is 1. The first-order chi connectivity index (χ1) is 5.09. The van der Waals surface area contributed by atoms with Gasteiger partial charge in [0.05, 0.1) is 7.11 Å². The Morgan fingerprint density at radius 1 is 1.64 bits per heavy atom. The van der Waals surface area contributed by atoms with Crippen molar-refractivity contribution in [1.29, 1.82) is 0 Å². The lowest BCUT2D eigenvalue weighted by molar-refractivity contribution is -0.132. The Labute approximate surface area is 67.5 Å². The van der Waals surface area contributed by atoms with E-state index in [0.29, 0.717) is 0 Å². The highest BCUT2D eigenvalue weighted by atomic mass is 16.6. The molecular formula is C7H16N2O2. The lowest BCUT2D eigenvalue weighted by atomic mass is 10.3. The van der Waals surface area contributed by atoms with Crippen molar-refractivity contribution >= 4 is 5.91 Å². The van der Waals surface area contributed by atoms with Crippen LogP contribution in [0, 0.1) is 0 Å². The molecule has 0 aliphatic rings. The molecule has 4 heteroatoms. The number of hydrogen-bond donors (Lipinski definition) is 1. The zero-order valence-electron chi connectivity index (χ0n) is 7.55. The van der Waals surface area contributed by atoms with Crippen LogP contribution < -0.4 is 5.48 Å². The molecule has 1 N–H and O–H groups in total. The van der Waals surface area contributed by atoms with Crippen LogP contribution in [0.1, 0.15) is 13.8 Å². The van der Waals surface area contributed by atoms with E-state index in [4.69, 9.17) is 0 Å². The van der Waals surface area contributed by atoms with Crippen LogP contribution in [0.5, 0.6) is 0 Å². The minimum atomic E-state index is 0.0295. The molecule has 0 bridgehead atoms. The SMILES string of the molecule is CONCC(=O)N(C)C(C)C. The highest BCUT2D eigenvalue weighted by Crippen LogP contribution is 1.92. The molecular weight excluding hydrogens is 144 g/mol. The molecule has 0 spiro atoms. The van der Waals surface area contributed by atoms with E-state index in [1.54, 1.807) is 11.9 Å². The molecule has 0 fully saturated rings. The Hall–Kier alpha value is -0.610. The van der Waals surface area contributed by atoms with E-state index in [2.05, 4.69) is 10.3 Å². The number of carbonyl (C=O) groups is 1. The van der Waals surface area contributed by atoms with Gasteiger partial charge in [0.1, 0.15) is 6.54 Å². The average molecular weight is 160 g/mol. The summed E-state index contributed by atoms with van der Waals surface area (Å²) in [5, 5.41) is 0. The van der Waals surface area contributed by atoms with Gasteiger partial charge in [-0.15, -0.1) is 0 Å². The van der Waals surface area contributed by atoms with Crippen molar-refractivity contribution in [3.05, 3.63) is 0 Å². The first-order valence-electron chi connectivity index (χ1n) is 3.61. The quantitative estimate of drug-likeness (QED) is 0.589. The van der Waals surface area contributed by atoms with Crippen molar-refractivity contribution in [2.24, 2.45) is 0 Å². The average Bonchev–Trinajstić information content (AvgIpc) is 1.98. The normalized spacial score (nSPS) is 10.3. The fourth-order valence-corrected chi connectivity index (χ4v) is 0.547. The molecule has 11 heavy (non-hydrogen) atoms. The van der Waals surface area contributed by atoms with E-state index in [-0.39, 0.29) is 18.5 Å². The molecule has 0 aromatic carbocycles. The number of amides is 1. The number of nitrogens with one attached hydrogen (secondary N) is 1. The summed E-state index contributed by atoms with van der Waals surface area (Å²) in [6.45, 7) is 4.15. The third-order valence-electron chi connectivity index (χ3n) is 1.54. The second-order valence-electron chi connectivity index (χ2n) is 2.62. The monoisotopic (exact) mass is 160 g/mol. The largest absolute Gasteiger partial charge is 0.342 e. The van der Waals surface area contributed by atoms with Crippen molar-refractivity contribution in [1.82, 2.24) is 10.4 Å². The van der Waals surface area contributed by atoms with Gasteiger partial charge in [0.25, 0.3) is 0 Å². The third kappa shape index (κ3) is 3.95. The van der Waals surface area contributed by atoms with E-state index < -0.39 is 0 Å². The van der Waals surface area contributed by atoms with Crippen LogP contribution in [-0.4, -0.2) is 37.6 Å². The lowest BCUT2D eigenvalue weighted by Gasteiger charge is -2.21. The number of rotatable bonds is 4. The Bertz CT molecular complexity index is 126. The fourth-order valence-electron chi connectivity index (χ4n) is 0.547. The minimum absolute atomic E-state index is 0.0295.